The number of H-pyrrole nitrogens is 1. The first-order valence-corrected chi connectivity index (χ1v) is 10.8. The fourth-order valence-electron chi connectivity index (χ4n) is 4.13. The Hall–Kier alpha value is -3.93. The summed E-state index contributed by atoms with van der Waals surface area (Å²) in [5, 5.41) is 19.7. The van der Waals surface area contributed by atoms with Gasteiger partial charge in [0.2, 0.25) is 5.92 Å². The molecule has 34 heavy (non-hydrogen) atoms. The Bertz CT molecular complexity index is 1300. The second-order valence-corrected chi connectivity index (χ2v) is 8.36. The zero-order valence-corrected chi connectivity index (χ0v) is 18.2. The molecule has 1 aliphatic rings. The van der Waals surface area contributed by atoms with Crippen molar-refractivity contribution in [2.75, 3.05) is 5.32 Å². The van der Waals surface area contributed by atoms with E-state index in [1.54, 1.807) is 30.3 Å². The molecule has 1 aromatic heterocycles. The second-order valence-electron chi connectivity index (χ2n) is 8.36. The molecule has 0 aliphatic heterocycles. The maximum Gasteiger partial charge on any atom is 0.261 e. The summed E-state index contributed by atoms with van der Waals surface area (Å²) in [5.41, 5.74) is 2.02. The highest BCUT2D eigenvalue weighted by molar-refractivity contribution is 5.83. The van der Waals surface area contributed by atoms with E-state index in [4.69, 9.17) is 10.7 Å². The summed E-state index contributed by atoms with van der Waals surface area (Å²) in [5.74, 6) is -2.73. The third-order valence-corrected chi connectivity index (χ3v) is 5.96. The van der Waals surface area contributed by atoms with Gasteiger partial charge >= 0.3 is 0 Å². The number of nitriles is 1. The minimum atomic E-state index is -2.69. The highest BCUT2D eigenvalue weighted by atomic mass is 19.3. The lowest BCUT2D eigenvalue weighted by Gasteiger charge is -2.29. The summed E-state index contributed by atoms with van der Waals surface area (Å²) in [6.45, 7) is 0. The fourth-order valence-corrected chi connectivity index (χ4v) is 4.13. The summed E-state index contributed by atoms with van der Waals surface area (Å²) in [7, 11) is 0. The van der Waals surface area contributed by atoms with Crippen LogP contribution in [0, 0.1) is 22.6 Å². The summed E-state index contributed by atoms with van der Waals surface area (Å²) in [6, 6.07) is 12.9. The van der Waals surface area contributed by atoms with Crippen LogP contribution in [0.15, 0.2) is 47.3 Å². The minimum Gasteiger partial charge on any atom is -0.367 e. The smallest absolute Gasteiger partial charge is 0.261 e. The summed E-state index contributed by atoms with van der Waals surface area (Å²) < 4.78 is 41.1. The fraction of sp³-hybridized carbons (Fsp3) is 0.280. The van der Waals surface area contributed by atoms with Crippen molar-refractivity contribution in [3.63, 3.8) is 0 Å². The first kappa shape index (κ1) is 23.2. The number of hydrogen-bond acceptors (Lipinski definition) is 5. The number of rotatable bonds is 6. The molecule has 1 saturated carbocycles. The van der Waals surface area contributed by atoms with E-state index in [0.717, 1.165) is 11.8 Å². The maximum atomic E-state index is 14.1. The first-order chi connectivity index (χ1) is 16.3. The van der Waals surface area contributed by atoms with Gasteiger partial charge in [-0.1, -0.05) is 18.2 Å². The average molecular weight is 465 g/mol. The van der Waals surface area contributed by atoms with Crippen molar-refractivity contribution >= 4 is 12.0 Å². The number of benzene rings is 2. The van der Waals surface area contributed by atoms with Crippen LogP contribution in [0.1, 0.15) is 48.2 Å². The molecule has 174 valence electrons. The Morgan fingerprint density at radius 1 is 1.21 bits per heavy atom. The summed E-state index contributed by atoms with van der Waals surface area (Å²) in [4.78, 5) is 19.7. The Kier molecular flexibility index (Phi) is 6.50. The van der Waals surface area contributed by atoms with E-state index in [0.29, 0.717) is 16.7 Å². The quantitative estimate of drug-likeness (QED) is 0.444. The van der Waals surface area contributed by atoms with Gasteiger partial charge in [0.05, 0.1) is 17.2 Å². The Morgan fingerprint density at radius 2 is 1.91 bits per heavy atom. The number of hydrogen-bond donors (Lipinski definition) is 3. The van der Waals surface area contributed by atoms with E-state index >= 15 is 0 Å². The third kappa shape index (κ3) is 5.17. The predicted molar refractivity (Wildman–Crippen MR) is 123 cm³/mol. The van der Waals surface area contributed by atoms with Crippen molar-refractivity contribution in [2.45, 2.75) is 44.1 Å². The van der Waals surface area contributed by atoms with Gasteiger partial charge in [-0.25, -0.2) is 18.2 Å². The van der Waals surface area contributed by atoms with E-state index in [1.165, 1.54) is 12.1 Å². The standard InChI is InChI=1S/C25H22F3N5O/c26-18-5-6-20(16-3-1-15(13-29)2-4-16)17(11-18)12-22-32-23(21(14-30)24(34)33-22)31-19-7-9-25(27,28)10-8-19/h1-6,11,14,19,30H,7-10,12H2,(H2,31,32,33,34). The van der Waals surface area contributed by atoms with Crippen LogP contribution in [0.2, 0.25) is 0 Å². The van der Waals surface area contributed by atoms with Crippen molar-refractivity contribution in [3.05, 3.63) is 81.2 Å². The third-order valence-electron chi connectivity index (χ3n) is 5.96. The van der Waals surface area contributed by atoms with Gasteiger partial charge in [0.15, 0.2) is 0 Å². The van der Waals surface area contributed by atoms with Crippen LogP contribution in [-0.2, 0) is 6.42 Å². The molecule has 6 nitrogen and oxygen atoms in total. The van der Waals surface area contributed by atoms with Crippen LogP contribution in [0.25, 0.3) is 11.1 Å². The number of nitrogens with zero attached hydrogens (tertiary/aromatic N) is 2. The molecule has 1 aliphatic carbocycles. The molecule has 0 spiro atoms. The molecular formula is C25H22F3N5O. The second kappa shape index (κ2) is 9.51. The lowest BCUT2D eigenvalue weighted by molar-refractivity contribution is -0.0361. The molecule has 3 aromatic rings. The van der Waals surface area contributed by atoms with Crippen molar-refractivity contribution < 1.29 is 13.2 Å². The molecule has 3 N–H and O–H groups in total. The van der Waals surface area contributed by atoms with E-state index in [2.05, 4.69) is 21.4 Å². The minimum absolute atomic E-state index is 0.00708. The van der Waals surface area contributed by atoms with Crippen LogP contribution in [0.3, 0.4) is 0 Å². The van der Waals surface area contributed by atoms with Gasteiger partial charge in [0.25, 0.3) is 5.56 Å². The Balaban J connectivity index is 1.65. The molecule has 0 bridgehead atoms. The van der Waals surface area contributed by atoms with Gasteiger partial charge in [-0.2, -0.15) is 5.26 Å². The van der Waals surface area contributed by atoms with Crippen LogP contribution in [0.5, 0.6) is 0 Å². The SMILES string of the molecule is N#Cc1ccc(-c2ccc(F)cc2Cc2nc(NC3CCC(F)(F)CC3)c(C=N)c(=O)[nH]2)cc1. The van der Waals surface area contributed by atoms with Gasteiger partial charge in [-0.3, -0.25) is 4.79 Å². The number of aromatic nitrogens is 2. The molecule has 1 fully saturated rings. The number of aromatic amines is 1. The molecule has 2 aromatic carbocycles. The van der Waals surface area contributed by atoms with Crippen LogP contribution < -0.4 is 10.9 Å². The molecule has 4 rings (SSSR count). The van der Waals surface area contributed by atoms with Crippen LogP contribution in [-0.4, -0.2) is 28.1 Å². The molecule has 0 amide bonds. The zero-order valence-electron chi connectivity index (χ0n) is 18.2. The summed E-state index contributed by atoms with van der Waals surface area (Å²) >= 11 is 0. The van der Waals surface area contributed by atoms with E-state index in [-0.39, 0.29) is 55.4 Å². The van der Waals surface area contributed by atoms with Gasteiger partial charge in [-0.15, -0.1) is 0 Å². The van der Waals surface area contributed by atoms with Gasteiger partial charge in [-0.05, 0) is 53.8 Å². The Morgan fingerprint density at radius 3 is 2.56 bits per heavy atom. The van der Waals surface area contributed by atoms with Gasteiger partial charge < -0.3 is 15.7 Å². The number of nitrogens with one attached hydrogen (secondary N) is 3. The monoisotopic (exact) mass is 465 g/mol. The van der Waals surface area contributed by atoms with Crippen molar-refractivity contribution in [1.82, 2.24) is 9.97 Å². The molecule has 1 heterocycles. The normalized spacial score (nSPS) is 15.5. The molecule has 9 heteroatoms. The molecule has 0 atom stereocenters. The van der Waals surface area contributed by atoms with E-state index < -0.39 is 17.3 Å². The largest absolute Gasteiger partial charge is 0.367 e. The number of alkyl halides is 2. The lowest BCUT2D eigenvalue weighted by atomic mass is 9.92. The topological polar surface area (TPSA) is 105 Å². The average Bonchev–Trinajstić information content (AvgIpc) is 2.81. The van der Waals surface area contributed by atoms with E-state index in [1.807, 2.05) is 0 Å². The first-order valence-electron chi connectivity index (χ1n) is 10.8. The van der Waals surface area contributed by atoms with Crippen molar-refractivity contribution in [1.29, 1.82) is 10.7 Å². The summed E-state index contributed by atoms with van der Waals surface area (Å²) in [6.07, 6.45) is 0.912. The maximum absolute atomic E-state index is 14.1. The number of anilines is 1. The molecule has 0 saturated heterocycles. The van der Waals surface area contributed by atoms with Gasteiger partial charge in [0, 0.05) is 31.5 Å². The zero-order chi connectivity index (χ0) is 24.3. The van der Waals surface area contributed by atoms with Gasteiger partial charge in [0.1, 0.15) is 17.5 Å². The molecular weight excluding hydrogens is 443 g/mol. The Labute approximate surface area is 194 Å². The number of halogens is 3. The van der Waals surface area contributed by atoms with Crippen LogP contribution in [0.4, 0.5) is 19.0 Å². The van der Waals surface area contributed by atoms with Crippen molar-refractivity contribution in [2.24, 2.45) is 0 Å². The molecule has 0 radical (unpaired) electrons. The highest BCUT2D eigenvalue weighted by Gasteiger charge is 2.35. The van der Waals surface area contributed by atoms with Crippen LogP contribution >= 0.6 is 0 Å². The van der Waals surface area contributed by atoms with Crippen molar-refractivity contribution in [3.8, 4) is 17.2 Å². The molecule has 0 unspecified atom stereocenters. The lowest BCUT2D eigenvalue weighted by Crippen LogP contribution is -2.33. The highest BCUT2D eigenvalue weighted by Crippen LogP contribution is 2.34. The van der Waals surface area contributed by atoms with E-state index in [9.17, 15) is 18.0 Å². The predicted octanol–water partition coefficient (Wildman–Crippen LogP) is 5.03.